The zero-order chi connectivity index (χ0) is 13.4. The Balaban J connectivity index is 2.29. The lowest BCUT2D eigenvalue weighted by Crippen LogP contribution is -2.10. The standard InChI is InChI=1S/C14H20O4/c1-11(2)10-17-8-9-18-13-6-4-12(5-7-13)14(15)16-3/h4-7,11H,8-10H2,1-3H3. The molecule has 0 saturated carbocycles. The second kappa shape index (κ2) is 7.71. The molecule has 1 rings (SSSR count). The van der Waals surface area contributed by atoms with Gasteiger partial charge < -0.3 is 14.2 Å². The van der Waals surface area contributed by atoms with E-state index < -0.39 is 0 Å². The SMILES string of the molecule is COC(=O)c1ccc(OCCOCC(C)C)cc1. The van der Waals surface area contributed by atoms with Crippen LogP contribution in [0.3, 0.4) is 0 Å². The summed E-state index contributed by atoms with van der Waals surface area (Å²) in [7, 11) is 1.36. The van der Waals surface area contributed by atoms with Gasteiger partial charge in [0, 0.05) is 6.61 Å². The molecule has 0 fully saturated rings. The number of rotatable bonds is 7. The Labute approximate surface area is 108 Å². The van der Waals surface area contributed by atoms with Crippen LogP contribution in [0.1, 0.15) is 24.2 Å². The topological polar surface area (TPSA) is 44.8 Å². The van der Waals surface area contributed by atoms with Crippen molar-refractivity contribution in [2.24, 2.45) is 5.92 Å². The number of benzene rings is 1. The highest BCUT2D eigenvalue weighted by Gasteiger charge is 2.04. The van der Waals surface area contributed by atoms with Gasteiger partial charge in [-0.15, -0.1) is 0 Å². The van der Waals surface area contributed by atoms with Crippen molar-refractivity contribution < 1.29 is 19.0 Å². The van der Waals surface area contributed by atoms with Gasteiger partial charge in [-0.25, -0.2) is 4.79 Å². The molecule has 0 atom stereocenters. The Hall–Kier alpha value is -1.55. The Bertz CT molecular complexity index is 357. The van der Waals surface area contributed by atoms with Crippen LogP contribution in [0.2, 0.25) is 0 Å². The van der Waals surface area contributed by atoms with Crippen LogP contribution in [0.25, 0.3) is 0 Å². The second-order valence-corrected chi connectivity index (χ2v) is 4.33. The molecule has 0 aliphatic rings. The quantitative estimate of drug-likeness (QED) is 0.552. The van der Waals surface area contributed by atoms with E-state index in [0.717, 1.165) is 12.4 Å². The Kier molecular flexibility index (Phi) is 6.22. The van der Waals surface area contributed by atoms with Gasteiger partial charge in [0.25, 0.3) is 0 Å². The van der Waals surface area contributed by atoms with Crippen molar-refractivity contribution in [3.63, 3.8) is 0 Å². The van der Waals surface area contributed by atoms with Gasteiger partial charge in [0.1, 0.15) is 12.4 Å². The van der Waals surface area contributed by atoms with Crippen LogP contribution in [-0.2, 0) is 9.47 Å². The minimum Gasteiger partial charge on any atom is -0.491 e. The molecule has 0 heterocycles. The van der Waals surface area contributed by atoms with Crippen LogP contribution >= 0.6 is 0 Å². The highest BCUT2D eigenvalue weighted by Crippen LogP contribution is 2.12. The minimum absolute atomic E-state index is 0.346. The molecule has 100 valence electrons. The third-order valence-electron chi connectivity index (χ3n) is 2.22. The Morgan fingerprint density at radius 2 is 1.83 bits per heavy atom. The van der Waals surface area contributed by atoms with Crippen LogP contribution in [0.5, 0.6) is 5.75 Å². The van der Waals surface area contributed by atoms with E-state index in [9.17, 15) is 4.79 Å². The predicted molar refractivity (Wildman–Crippen MR) is 68.9 cm³/mol. The maximum absolute atomic E-state index is 11.2. The molecule has 0 aliphatic heterocycles. The summed E-state index contributed by atoms with van der Waals surface area (Å²) in [6.07, 6.45) is 0. The summed E-state index contributed by atoms with van der Waals surface area (Å²) in [6, 6.07) is 6.84. The summed E-state index contributed by atoms with van der Waals surface area (Å²) >= 11 is 0. The molecule has 0 unspecified atom stereocenters. The first-order valence-corrected chi connectivity index (χ1v) is 6.02. The molecule has 0 amide bonds. The van der Waals surface area contributed by atoms with E-state index in [-0.39, 0.29) is 5.97 Å². The van der Waals surface area contributed by atoms with Gasteiger partial charge in [-0.1, -0.05) is 13.8 Å². The lowest BCUT2D eigenvalue weighted by Gasteiger charge is -2.09. The van der Waals surface area contributed by atoms with E-state index in [1.165, 1.54) is 7.11 Å². The summed E-state index contributed by atoms with van der Waals surface area (Å²) in [5, 5.41) is 0. The van der Waals surface area contributed by atoms with Gasteiger partial charge in [0.05, 0.1) is 19.3 Å². The van der Waals surface area contributed by atoms with Gasteiger partial charge >= 0.3 is 5.97 Å². The molecular formula is C14H20O4. The van der Waals surface area contributed by atoms with Crippen molar-refractivity contribution in [1.29, 1.82) is 0 Å². The largest absolute Gasteiger partial charge is 0.491 e. The third-order valence-corrected chi connectivity index (χ3v) is 2.22. The first-order valence-electron chi connectivity index (χ1n) is 6.02. The molecule has 0 spiro atoms. The van der Waals surface area contributed by atoms with Crippen molar-refractivity contribution in [3.05, 3.63) is 29.8 Å². The molecule has 0 bridgehead atoms. The number of esters is 1. The maximum atomic E-state index is 11.2. The molecule has 4 nitrogen and oxygen atoms in total. The first-order chi connectivity index (χ1) is 8.63. The van der Waals surface area contributed by atoms with Crippen LogP contribution in [-0.4, -0.2) is 32.9 Å². The van der Waals surface area contributed by atoms with Crippen molar-refractivity contribution in [3.8, 4) is 5.75 Å². The number of hydrogen-bond donors (Lipinski definition) is 0. The molecule has 0 aromatic heterocycles. The number of hydrogen-bond acceptors (Lipinski definition) is 4. The highest BCUT2D eigenvalue weighted by atomic mass is 16.5. The molecule has 4 heteroatoms. The van der Waals surface area contributed by atoms with Crippen molar-refractivity contribution in [1.82, 2.24) is 0 Å². The van der Waals surface area contributed by atoms with Crippen molar-refractivity contribution in [2.45, 2.75) is 13.8 Å². The number of ether oxygens (including phenoxy) is 3. The number of methoxy groups -OCH3 is 1. The maximum Gasteiger partial charge on any atom is 0.337 e. The van der Waals surface area contributed by atoms with Crippen LogP contribution < -0.4 is 4.74 Å². The molecular weight excluding hydrogens is 232 g/mol. The van der Waals surface area contributed by atoms with Crippen molar-refractivity contribution >= 4 is 5.97 Å². The summed E-state index contributed by atoms with van der Waals surface area (Å²) in [4.78, 5) is 11.2. The molecule has 18 heavy (non-hydrogen) atoms. The summed E-state index contributed by atoms with van der Waals surface area (Å²) in [5.74, 6) is 0.905. The van der Waals surface area contributed by atoms with E-state index in [1.54, 1.807) is 24.3 Å². The number of carbonyl (C=O) groups excluding carboxylic acids is 1. The Morgan fingerprint density at radius 3 is 2.39 bits per heavy atom. The van der Waals surface area contributed by atoms with Gasteiger partial charge in [-0.05, 0) is 30.2 Å². The van der Waals surface area contributed by atoms with Crippen LogP contribution in [0, 0.1) is 5.92 Å². The lowest BCUT2D eigenvalue weighted by molar-refractivity contribution is 0.0600. The van der Waals surface area contributed by atoms with Gasteiger partial charge in [-0.2, -0.15) is 0 Å². The van der Waals surface area contributed by atoms with E-state index in [2.05, 4.69) is 18.6 Å². The van der Waals surface area contributed by atoms with E-state index in [1.807, 2.05) is 0 Å². The normalized spacial score (nSPS) is 10.4. The van der Waals surface area contributed by atoms with E-state index in [0.29, 0.717) is 24.7 Å². The van der Waals surface area contributed by atoms with Crippen molar-refractivity contribution in [2.75, 3.05) is 26.9 Å². The molecule has 0 radical (unpaired) electrons. The highest BCUT2D eigenvalue weighted by molar-refractivity contribution is 5.89. The lowest BCUT2D eigenvalue weighted by atomic mass is 10.2. The summed E-state index contributed by atoms with van der Waals surface area (Å²) < 4.78 is 15.5. The monoisotopic (exact) mass is 252 g/mol. The average Bonchev–Trinajstić information content (AvgIpc) is 2.38. The van der Waals surface area contributed by atoms with Crippen LogP contribution in [0.15, 0.2) is 24.3 Å². The number of carbonyl (C=O) groups is 1. The van der Waals surface area contributed by atoms with Gasteiger partial charge in [0.2, 0.25) is 0 Å². The zero-order valence-corrected chi connectivity index (χ0v) is 11.1. The predicted octanol–water partition coefficient (Wildman–Crippen LogP) is 2.52. The fourth-order valence-electron chi connectivity index (χ4n) is 1.34. The minimum atomic E-state index is -0.346. The fraction of sp³-hybridized carbons (Fsp3) is 0.500. The molecule has 0 aliphatic carbocycles. The summed E-state index contributed by atoms with van der Waals surface area (Å²) in [6.45, 7) is 6.02. The van der Waals surface area contributed by atoms with Gasteiger partial charge in [-0.3, -0.25) is 0 Å². The first kappa shape index (κ1) is 14.5. The molecule has 0 N–H and O–H groups in total. The molecule has 0 saturated heterocycles. The summed E-state index contributed by atoms with van der Waals surface area (Å²) in [5.41, 5.74) is 0.515. The third kappa shape index (κ3) is 5.19. The second-order valence-electron chi connectivity index (χ2n) is 4.33. The van der Waals surface area contributed by atoms with Crippen LogP contribution in [0.4, 0.5) is 0 Å². The van der Waals surface area contributed by atoms with E-state index >= 15 is 0 Å². The van der Waals surface area contributed by atoms with Gasteiger partial charge in [0.15, 0.2) is 0 Å². The molecule has 1 aromatic carbocycles. The fourth-order valence-corrected chi connectivity index (χ4v) is 1.34. The average molecular weight is 252 g/mol. The Morgan fingerprint density at radius 1 is 1.17 bits per heavy atom. The smallest absolute Gasteiger partial charge is 0.337 e. The molecule has 1 aromatic rings. The van der Waals surface area contributed by atoms with E-state index in [4.69, 9.17) is 9.47 Å². The zero-order valence-electron chi connectivity index (χ0n) is 11.1.